The maximum Gasteiger partial charge on any atom is 0.228 e. The third-order valence-corrected chi connectivity index (χ3v) is 6.72. The van der Waals surface area contributed by atoms with Gasteiger partial charge in [-0.2, -0.15) is 0 Å². The number of nitrogens with zero attached hydrogens (tertiary/aromatic N) is 1. The van der Waals surface area contributed by atoms with Gasteiger partial charge in [-0.15, -0.1) is 0 Å². The van der Waals surface area contributed by atoms with Gasteiger partial charge in [-0.3, -0.25) is 4.79 Å². The molecule has 0 fully saturated rings. The lowest BCUT2D eigenvalue weighted by atomic mass is 9.80. The van der Waals surface area contributed by atoms with E-state index in [1.54, 1.807) is 26.1 Å². The average Bonchev–Trinajstić information content (AvgIpc) is 2.67. The predicted molar refractivity (Wildman–Crippen MR) is 113 cm³/mol. The molecule has 0 saturated carbocycles. The van der Waals surface area contributed by atoms with Gasteiger partial charge in [0.2, 0.25) is 5.91 Å². The SMILES string of the molecule is C=C(N)N(C)C(=O)CC(C)(C)c1cccc(-c2ccc(S(=O)(=O)CC)cc2)c1. The zero-order valence-corrected chi connectivity index (χ0v) is 17.7. The summed E-state index contributed by atoms with van der Waals surface area (Å²) >= 11 is 0. The summed E-state index contributed by atoms with van der Waals surface area (Å²) in [6, 6.07) is 14.8. The Kier molecular flexibility index (Phi) is 6.34. The van der Waals surface area contributed by atoms with Gasteiger partial charge in [0.15, 0.2) is 9.84 Å². The Hall–Kier alpha value is -2.60. The lowest BCUT2D eigenvalue weighted by molar-refractivity contribution is -0.129. The summed E-state index contributed by atoms with van der Waals surface area (Å²) in [5.74, 6) is 0.196. The van der Waals surface area contributed by atoms with Gasteiger partial charge < -0.3 is 10.6 Å². The molecule has 0 aromatic heterocycles. The molecule has 2 aromatic rings. The van der Waals surface area contributed by atoms with E-state index in [9.17, 15) is 13.2 Å². The van der Waals surface area contributed by atoms with Crippen molar-refractivity contribution < 1.29 is 13.2 Å². The average molecular weight is 401 g/mol. The zero-order valence-electron chi connectivity index (χ0n) is 16.9. The van der Waals surface area contributed by atoms with Crippen LogP contribution in [-0.4, -0.2) is 32.0 Å². The van der Waals surface area contributed by atoms with Gasteiger partial charge in [0.1, 0.15) is 0 Å². The fraction of sp³-hybridized carbons (Fsp3) is 0.318. The van der Waals surface area contributed by atoms with E-state index in [1.165, 1.54) is 4.90 Å². The summed E-state index contributed by atoms with van der Waals surface area (Å²) in [6.07, 6.45) is 0.289. The van der Waals surface area contributed by atoms with Crippen LogP contribution >= 0.6 is 0 Å². The number of benzene rings is 2. The van der Waals surface area contributed by atoms with E-state index in [-0.39, 0.29) is 23.9 Å². The molecule has 2 rings (SSSR count). The summed E-state index contributed by atoms with van der Waals surface area (Å²) in [4.78, 5) is 14.1. The summed E-state index contributed by atoms with van der Waals surface area (Å²) in [5.41, 5.74) is 8.12. The molecule has 0 atom stereocenters. The molecule has 0 bridgehead atoms. The molecule has 150 valence electrons. The number of carbonyl (C=O) groups excluding carboxylic acids is 1. The van der Waals surface area contributed by atoms with Crippen molar-refractivity contribution in [1.82, 2.24) is 4.90 Å². The molecule has 28 heavy (non-hydrogen) atoms. The first-order valence-electron chi connectivity index (χ1n) is 9.12. The van der Waals surface area contributed by atoms with Gasteiger partial charge in [0.05, 0.1) is 16.5 Å². The number of sulfone groups is 1. The van der Waals surface area contributed by atoms with Crippen molar-refractivity contribution in [2.75, 3.05) is 12.8 Å². The van der Waals surface area contributed by atoms with Gasteiger partial charge >= 0.3 is 0 Å². The molecule has 5 nitrogen and oxygen atoms in total. The Bertz CT molecular complexity index is 977. The molecular weight excluding hydrogens is 372 g/mol. The minimum Gasteiger partial charge on any atom is -0.386 e. The highest BCUT2D eigenvalue weighted by molar-refractivity contribution is 7.91. The van der Waals surface area contributed by atoms with E-state index < -0.39 is 15.3 Å². The molecule has 2 aromatic carbocycles. The smallest absolute Gasteiger partial charge is 0.228 e. The maximum atomic E-state index is 12.4. The van der Waals surface area contributed by atoms with Crippen LogP contribution in [-0.2, 0) is 20.0 Å². The molecule has 0 spiro atoms. The monoisotopic (exact) mass is 400 g/mol. The van der Waals surface area contributed by atoms with E-state index >= 15 is 0 Å². The molecule has 0 aliphatic carbocycles. The first-order valence-corrected chi connectivity index (χ1v) is 10.8. The van der Waals surface area contributed by atoms with Crippen molar-refractivity contribution in [3.05, 3.63) is 66.5 Å². The quantitative estimate of drug-likeness (QED) is 0.768. The normalized spacial score (nSPS) is 11.9. The minimum absolute atomic E-state index is 0.0771. The van der Waals surface area contributed by atoms with Crippen LogP contribution in [0.25, 0.3) is 11.1 Å². The van der Waals surface area contributed by atoms with E-state index in [1.807, 2.05) is 50.2 Å². The number of carbonyl (C=O) groups is 1. The number of rotatable bonds is 7. The summed E-state index contributed by atoms with van der Waals surface area (Å²) in [6.45, 7) is 9.25. The van der Waals surface area contributed by atoms with Crippen molar-refractivity contribution in [2.24, 2.45) is 5.73 Å². The van der Waals surface area contributed by atoms with Crippen LogP contribution < -0.4 is 5.73 Å². The van der Waals surface area contributed by atoms with Crippen LogP contribution in [0.15, 0.2) is 65.8 Å². The number of nitrogens with two attached hydrogens (primary N) is 1. The molecule has 6 heteroatoms. The fourth-order valence-electron chi connectivity index (χ4n) is 2.90. The van der Waals surface area contributed by atoms with Crippen molar-refractivity contribution in [3.8, 4) is 11.1 Å². The van der Waals surface area contributed by atoms with E-state index in [0.717, 1.165) is 16.7 Å². The van der Waals surface area contributed by atoms with E-state index in [0.29, 0.717) is 4.90 Å². The summed E-state index contributed by atoms with van der Waals surface area (Å²) < 4.78 is 24.0. The Morgan fingerprint density at radius 3 is 2.25 bits per heavy atom. The number of amides is 1. The van der Waals surface area contributed by atoms with Crippen LogP contribution in [0.4, 0.5) is 0 Å². The molecule has 2 N–H and O–H groups in total. The molecule has 1 amide bonds. The van der Waals surface area contributed by atoms with E-state index in [4.69, 9.17) is 5.73 Å². The first-order chi connectivity index (χ1) is 13.0. The molecule has 0 radical (unpaired) electrons. The molecule has 0 saturated heterocycles. The second-order valence-electron chi connectivity index (χ2n) is 7.51. The van der Waals surface area contributed by atoms with Crippen molar-refractivity contribution in [2.45, 2.75) is 37.5 Å². The Morgan fingerprint density at radius 1 is 1.11 bits per heavy atom. The maximum absolute atomic E-state index is 12.4. The highest BCUT2D eigenvalue weighted by atomic mass is 32.2. The van der Waals surface area contributed by atoms with Crippen LogP contribution in [0.5, 0.6) is 0 Å². The number of hydrogen-bond acceptors (Lipinski definition) is 4. The van der Waals surface area contributed by atoms with Gasteiger partial charge in [-0.05, 0) is 34.2 Å². The second-order valence-corrected chi connectivity index (χ2v) is 9.79. The molecule has 0 unspecified atom stereocenters. The van der Waals surface area contributed by atoms with Crippen molar-refractivity contribution >= 4 is 15.7 Å². The lowest BCUT2D eigenvalue weighted by Gasteiger charge is -2.28. The Labute approximate surface area is 167 Å². The standard InChI is InChI=1S/C22H28N2O3S/c1-6-28(26,27)20-12-10-17(11-13-20)18-8-7-9-19(14-18)22(3,4)15-21(25)24(5)16(2)23/h7-14H,2,6,15,23H2,1,3-5H3. The van der Waals surface area contributed by atoms with Gasteiger partial charge in [0, 0.05) is 13.5 Å². The first kappa shape index (κ1) is 21.7. The van der Waals surface area contributed by atoms with Crippen LogP contribution in [0.3, 0.4) is 0 Å². The third kappa shape index (κ3) is 4.81. The Balaban J connectivity index is 2.31. The predicted octanol–water partition coefficient (Wildman–Crippen LogP) is 3.70. The Morgan fingerprint density at radius 2 is 1.71 bits per heavy atom. The molecule has 0 heterocycles. The van der Waals surface area contributed by atoms with Crippen LogP contribution in [0, 0.1) is 0 Å². The van der Waals surface area contributed by atoms with Crippen LogP contribution in [0.2, 0.25) is 0 Å². The largest absolute Gasteiger partial charge is 0.386 e. The summed E-state index contributed by atoms with van der Waals surface area (Å²) in [5, 5.41) is 0. The topological polar surface area (TPSA) is 80.5 Å². The molecule has 0 aliphatic rings. The lowest BCUT2D eigenvalue weighted by Crippen LogP contribution is -2.34. The highest BCUT2D eigenvalue weighted by Crippen LogP contribution is 2.31. The van der Waals surface area contributed by atoms with Gasteiger partial charge in [-0.25, -0.2) is 8.42 Å². The third-order valence-electron chi connectivity index (χ3n) is 4.97. The van der Waals surface area contributed by atoms with Crippen molar-refractivity contribution in [1.29, 1.82) is 0 Å². The zero-order chi connectivity index (χ0) is 21.1. The molecular formula is C22H28N2O3S. The van der Waals surface area contributed by atoms with Crippen molar-refractivity contribution in [3.63, 3.8) is 0 Å². The summed E-state index contributed by atoms with van der Waals surface area (Å²) in [7, 11) is -1.60. The fourth-order valence-corrected chi connectivity index (χ4v) is 3.78. The van der Waals surface area contributed by atoms with E-state index in [2.05, 4.69) is 6.58 Å². The number of hydrogen-bond donors (Lipinski definition) is 1. The second kappa shape index (κ2) is 8.19. The van der Waals surface area contributed by atoms with Gasteiger partial charge in [0.25, 0.3) is 0 Å². The van der Waals surface area contributed by atoms with Crippen LogP contribution in [0.1, 0.15) is 32.8 Å². The van der Waals surface area contributed by atoms with Gasteiger partial charge in [-0.1, -0.05) is 63.7 Å². The highest BCUT2D eigenvalue weighted by Gasteiger charge is 2.26. The molecule has 0 aliphatic heterocycles. The minimum atomic E-state index is -3.22.